The first-order chi connectivity index (χ1) is 7.97. The number of carboxylic acids is 1. The van der Waals surface area contributed by atoms with Gasteiger partial charge in [0.1, 0.15) is 5.41 Å². The molecule has 1 N–H and O–H groups in total. The maximum atomic E-state index is 12.6. The summed E-state index contributed by atoms with van der Waals surface area (Å²) in [5.74, 6) is -1.56. The number of benzene rings is 1. The molecule has 1 aromatic carbocycles. The number of carbonyl (C=O) groups is 1. The molecule has 1 unspecified atom stereocenters. The number of halogens is 2. The largest absolute Gasteiger partial charge is 0.481 e. The summed E-state index contributed by atoms with van der Waals surface area (Å²) in [6.07, 6.45) is -2.96. The summed E-state index contributed by atoms with van der Waals surface area (Å²) in [7, 11) is 0. The van der Waals surface area contributed by atoms with Crippen LogP contribution in [0.15, 0.2) is 30.3 Å². The van der Waals surface area contributed by atoms with Gasteiger partial charge in [0.15, 0.2) is 0 Å². The Balaban J connectivity index is 2.52. The number of alkyl halides is 2. The predicted octanol–water partition coefficient (Wildman–Crippen LogP) is 2.56. The molecule has 0 heterocycles. The van der Waals surface area contributed by atoms with Crippen LogP contribution in [0.3, 0.4) is 0 Å². The minimum absolute atomic E-state index is 0.121. The number of carboxylic acid groups (broad SMARTS) is 1. The highest BCUT2D eigenvalue weighted by molar-refractivity contribution is 5.74. The Morgan fingerprint density at radius 1 is 1.41 bits per heavy atom. The average molecular weight is 244 g/mol. The zero-order valence-corrected chi connectivity index (χ0v) is 9.40. The molecule has 0 amide bonds. The van der Waals surface area contributed by atoms with Crippen LogP contribution < -0.4 is 0 Å². The Morgan fingerprint density at radius 3 is 2.47 bits per heavy atom. The van der Waals surface area contributed by atoms with E-state index >= 15 is 0 Å². The second kappa shape index (κ2) is 5.72. The molecule has 0 aliphatic carbocycles. The van der Waals surface area contributed by atoms with Crippen LogP contribution in [-0.2, 0) is 16.1 Å². The quantitative estimate of drug-likeness (QED) is 0.836. The van der Waals surface area contributed by atoms with Crippen molar-refractivity contribution in [2.24, 2.45) is 5.41 Å². The van der Waals surface area contributed by atoms with E-state index in [2.05, 4.69) is 0 Å². The van der Waals surface area contributed by atoms with Crippen molar-refractivity contribution in [3.8, 4) is 0 Å². The molecule has 1 atom stereocenters. The Labute approximate surface area is 98.0 Å². The summed E-state index contributed by atoms with van der Waals surface area (Å²) in [6, 6.07) is 8.97. The summed E-state index contributed by atoms with van der Waals surface area (Å²) in [5, 5.41) is 8.74. The molecule has 0 aromatic heterocycles. The molecule has 0 bridgehead atoms. The minimum atomic E-state index is -2.96. The number of ether oxygens (including phenoxy) is 1. The molecular formula is C12H14F2O3. The first-order valence-electron chi connectivity index (χ1n) is 5.10. The highest BCUT2D eigenvalue weighted by Gasteiger charge is 2.43. The van der Waals surface area contributed by atoms with Crippen LogP contribution in [0.25, 0.3) is 0 Å². The standard InChI is InChI=1S/C12H14F2O3/c1-12(10(13)14,11(15)16)8-17-7-9-5-3-2-4-6-9/h2-6,10H,7-8H2,1H3,(H,15,16). The second-order valence-corrected chi connectivity index (χ2v) is 4.00. The van der Waals surface area contributed by atoms with Crippen molar-refractivity contribution < 1.29 is 23.4 Å². The molecule has 0 saturated carbocycles. The van der Waals surface area contributed by atoms with Crippen LogP contribution in [0.5, 0.6) is 0 Å². The number of rotatable bonds is 6. The van der Waals surface area contributed by atoms with E-state index in [1.165, 1.54) is 0 Å². The van der Waals surface area contributed by atoms with Gasteiger partial charge in [-0.05, 0) is 12.5 Å². The van der Waals surface area contributed by atoms with E-state index in [4.69, 9.17) is 9.84 Å². The van der Waals surface area contributed by atoms with Gasteiger partial charge in [-0.1, -0.05) is 30.3 Å². The number of hydrogen-bond acceptors (Lipinski definition) is 2. The zero-order valence-electron chi connectivity index (χ0n) is 9.40. The van der Waals surface area contributed by atoms with Crippen molar-refractivity contribution in [2.45, 2.75) is 20.0 Å². The molecule has 3 nitrogen and oxygen atoms in total. The highest BCUT2D eigenvalue weighted by atomic mass is 19.3. The van der Waals surface area contributed by atoms with E-state index in [1.54, 1.807) is 24.3 Å². The third-order valence-corrected chi connectivity index (χ3v) is 2.48. The van der Waals surface area contributed by atoms with E-state index in [0.717, 1.165) is 12.5 Å². The van der Waals surface area contributed by atoms with Crippen LogP contribution >= 0.6 is 0 Å². The van der Waals surface area contributed by atoms with Gasteiger partial charge in [-0.3, -0.25) is 4.79 Å². The Morgan fingerprint density at radius 2 is 2.00 bits per heavy atom. The maximum Gasteiger partial charge on any atom is 0.317 e. The lowest BCUT2D eigenvalue weighted by Gasteiger charge is -2.23. The summed E-state index contributed by atoms with van der Waals surface area (Å²) in [5.41, 5.74) is -1.34. The molecular weight excluding hydrogens is 230 g/mol. The Hall–Kier alpha value is -1.49. The maximum absolute atomic E-state index is 12.6. The van der Waals surface area contributed by atoms with Gasteiger partial charge >= 0.3 is 5.97 Å². The van der Waals surface area contributed by atoms with Crippen molar-refractivity contribution in [1.82, 2.24) is 0 Å². The summed E-state index contributed by atoms with van der Waals surface area (Å²) in [6.45, 7) is 0.580. The van der Waals surface area contributed by atoms with Crippen molar-refractivity contribution >= 4 is 5.97 Å². The lowest BCUT2D eigenvalue weighted by atomic mass is 9.93. The summed E-state index contributed by atoms with van der Waals surface area (Å²) in [4.78, 5) is 10.7. The number of aliphatic carboxylic acids is 1. The second-order valence-electron chi connectivity index (χ2n) is 4.00. The van der Waals surface area contributed by atoms with E-state index in [1.807, 2.05) is 6.07 Å². The smallest absolute Gasteiger partial charge is 0.317 e. The molecule has 0 fully saturated rings. The van der Waals surface area contributed by atoms with Crippen LogP contribution in [0.2, 0.25) is 0 Å². The average Bonchev–Trinajstić information content (AvgIpc) is 2.29. The van der Waals surface area contributed by atoms with Crippen molar-refractivity contribution in [3.05, 3.63) is 35.9 Å². The molecule has 0 spiro atoms. The van der Waals surface area contributed by atoms with Crippen molar-refractivity contribution in [2.75, 3.05) is 6.61 Å². The van der Waals surface area contributed by atoms with E-state index in [0.29, 0.717) is 0 Å². The van der Waals surface area contributed by atoms with Crippen LogP contribution in [0, 0.1) is 5.41 Å². The molecule has 0 saturated heterocycles. The third kappa shape index (κ3) is 3.49. The summed E-state index contributed by atoms with van der Waals surface area (Å²) < 4.78 is 30.2. The topological polar surface area (TPSA) is 46.5 Å². The van der Waals surface area contributed by atoms with Crippen molar-refractivity contribution in [3.63, 3.8) is 0 Å². The predicted molar refractivity (Wildman–Crippen MR) is 57.8 cm³/mol. The van der Waals surface area contributed by atoms with Crippen molar-refractivity contribution in [1.29, 1.82) is 0 Å². The van der Waals surface area contributed by atoms with Gasteiger partial charge in [-0.2, -0.15) is 0 Å². The van der Waals surface area contributed by atoms with Gasteiger partial charge in [-0.15, -0.1) is 0 Å². The van der Waals surface area contributed by atoms with Gasteiger partial charge in [0.2, 0.25) is 0 Å². The SMILES string of the molecule is CC(COCc1ccccc1)(C(=O)O)C(F)F. The third-order valence-electron chi connectivity index (χ3n) is 2.48. The van der Waals surface area contributed by atoms with Crippen LogP contribution in [-0.4, -0.2) is 24.1 Å². The van der Waals surface area contributed by atoms with Crippen LogP contribution in [0.4, 0.5) is 8.78 Å². The van der Waals surface area contributed by atoms with E-state index < -0.39 is 24.4 Å². The monoisotopic (exact) mass is 244 g/mol. The summed E-state index contributed by atoms with van der Waals surface area (Å²) >= 11 is 0. The Bertz CT molecular complexity index is 367. The molecule has 1 rings (SSSR count). The minimum Gasteiger partial charge on any atom is -0.481 e. The molecule has 0 aliphatic heterocycles. The lowest BCUT2D eigenvalue weighted by Crippen LogP contribution is -2.39. The van der Waals surface area contributed by atoms with Gasteiger partial charge in [0.05, 0.1) is 13.2 Å². The Kier molecular flexibility index (Phi) is 4.57. The highest BCUT2D eigenvalue weighted by Crippen LogP contribution is 2.26. The number of hydrogen-bond donors (Lipinski definition) is 1. The molecule has 0 aliphatic rings. The van der Waals surface area contributed by atoms with Gasteiger partial charge < -0.3 is 9.84 Å². The molecule has 5 heteroatoms. The van der Waals surface area contributed by atoms with Gasteiger partial charge in [0, 0.05) is 0 Å². The van der Waals surface area contributed by atoms with E-state index in [-0.39, 0.29) is 6.61 Å². The molecule has 94 valence electrons. The van der Waals surface area contributed by atoms with E-state index in [9.17, 15) is 13.6 Å². The molecule has 1 aromatic rings. The molecule has 0 radical (unpaired) electrons. The van der Waals surface area contributed by atoms with Gasteiger partial charge in [-0.25, -0.2) is 8.78 Å². The van der Waals surface area contributed by atoms with Crippen LogP contribution in [0.1, 0.15) is 12.5 Å². The first kappa shape index (κ1) is 13.6. The first-order valence-corrected chi connectivity index (χ1v) is 5.10. The molecule has 17 heavy (non-hydrogen) atoms. The van der Waals surface area contributed by atoms with Gasteiger partial charge in [0.25, 0.3) is 6.43 Å². The fourth-order valence-corrected chi connectivity index (χ4v) is 1.17. The zero-order chi connectivity index (χ0) is 12.9. The fourth-order valence-electron chi connectivity index (χ4n) is 1.17. The lowest BCUT2D eigenvalue weighted by molar-refractivity contribution is -0.164. The normalized spacial score (nSPS) is 14.6. The fraction of sp³-hybridized carbons (Fsp3) is 0.417.